The summed E-state index contributed by atoms with van der Waals surface area (Å²) < 4.78 is 0. The zero-order valence-corrected chi connectivity index (χ0v) is 9.76. The van der Waals surface area contributed by atoms with Crippen LogP contribution in [0.15, 0.2) is 12.2 Å². The van der Waals surface area contributed by atoms with Gasteiger partial charge in [-0.15, -0.1) is 0 Å². The zero-order valence-electron chi connectivity index (χ0n) is 9.76. The fourth-order valence-corrected chi connectivity index (χ4v) is 0.143. The lowest BCUT2D eigenvalue weighted by Crippen LogP contribution is -2.13. The molecule has 0 aliphatic heterocycles. The molecule has 0 saturated heterocycles. The molecule has 0 radical (unpaired) electrons. The van der Waals surface area contributed by atoms with Gasteiger partial charge >= 0.3 is 23.9 Å². The fraction of sp³-hybridized carbons (Fsp3) is 0.333. The minimum Gasteiger partial charge on any atom is -0.480 e. The largest absolute Gasteiger partial charge is 0.480 e. The second kappa shape index (κ2) is 13.6. The molecule has 110 valence electrons. The topological polar surface area (TPSA) is 190 Å². The van der Waals surface area contributed by atoms with Crippen LogP contribution in [-0.2, 0) is 19.2 Å². The van der Waals surface area contributed by atoms with Crippen LogP contribution in [-0.4, -0.2) is 67.2 Å². The first-order valence-electron chi connectivity index (χ1n) is 4.42. The Kier molecular flexibility index (Phi) is 15.6. The van der Waals surface area contributed by atoms with Gasteiger partial charge in [-0.2, -0.15) is 0 Å². The van der Waals surface area contributed by atoms with E-state index in [0.717, 1.165) is 0 Å². The molecule has 0 aliphatic carbocycles. The van der Waals surface area contributed by atoms with Gasteiger partial charge in [-0.1, -0.05) is 0 Å². The maximum atomic E-state index is 9.55. The quantitative estimate of drug-likeness (QED) is 0.321. The molecule has 0 amide bonds. The molecule has 19 heavy (non-hydrogen) atoms. The van der Waals surface area contributed by atoms with Gasteiger partial charge in [-0.3, -0.25) is 0 Å². The number of aliphatic carboxylic acids is 4. The molecule has 0 aromatic rings. The highest BCUT2D eigenvalue weighted by atomic mass is 16.4. The Labute approximate surface area is 106 Å². The van der Waals surface area contributed by atoms with Crippen molar-refractivity contribution in [1.82, 2.24) is 0 Å². The van der Waals surface area contributed by atoms with Gasteiger partial charge in [0.25, 0.3) is 0 Å². The summed E-state index contributed by atoms with van der Waals surface area (Å²) in [5, 5.41) is 46.4. The van der Waals surface area contributed by atoms with Crippen molar-refractivity contribution in [2.24, 2.45) is 0 Å². The van der Waals surface area contributed by atoms with Crippen molar-refractivity contribution >= 4 is 23.9 Å². The molecule has 0 saturated carbocycles. The van der Waals surface area contributed by atoms with Crippen LogP contribution in [0, 0.1) is 0 Å². The Bertz CT molecular complexity index is 314. The van der Waals surface area contributed by atoms with Gasteiger partial charge < -0.3 is 30.6 Å². The van der Waals surface area contributed by atoms with E-state index in [9.17, 15) is 14.4 Å². The van der Waals surface area contributed by atoms with Gasteiger partial charge in [0.2, 0.25) is 0 Å². The zero-order chi connectivity index (χ0) is 16.0. The molecule has 0 rings (SSSR count). The van der Waals surface area contributed by atoms with Crippen LogP contribution in [0.4, 0.5) is 0 Å². The van der Waals surface area contributed by atoms with Gasteiger partial charge in [0.15, 0.2) is 0 Å². The highest BCUT2D eigenvalue weighted by molar-refractivity contribution is 5.89. The molecule has 0 spiro atoms. The van der Waals surface area contributed by atoms with Gasteiger partial charge in [0, 0.05) is 12.2 Å². The maximum Gasteiger partial charge on any atom is 0.332 e. The Morgan fingerprint density at radius 1 is 0.947 bits per heavy atom. The third kappa shape index (κ3) is 39.1. The summed E-state index contributed by atoms with van der Waals surface area (Å²) in [6.07, 6.45) is -0.116. The molecule has 0 bridgehead atoms. The van der Waals surface area contributed by atoms with E-state index in [1.54, 1.807) is 0 Å². The predicted molar refractivity (Wildman–Crippen MR) is 58.4 cm³/mol. The van der Waals surface area contributed by atoms with E-state index >= 15 is 0 Å². The van der Waals surface area contributed by atoms with Gasteiger partial charge in [-0.25, -0.2) is 19.2 Å². The number of hydrogen-bond acceptors (Lipinski definition) is 6. The lowest BCUT2D eigenvalue weighted by molar-refractivity contribution is -0.145. The van der Waals surface area contributed by atoms with Crippen molar-refractivity contribution in [1.29, 1.82) is 0 Å². The fourth-order valence-electron chi connectivity index (χ4n) is 0.143. The first-order valence-corrected chi connectivity index (χ1v) is 4.42. The average Bonchev–Trinajstić information content (AvgIpc) is 2.27. The van der Waals surface area contributed by atoms with Crippen molar-refractivity contribution < 1.29 is 49.8 Å². The molecule has 0 fully saturated rings. The maximum absolute atomic E-state index is 9.55. The number of carboxylic acids is 4. The molecule has 0 aromatic carbocycles. The van der Waals surface area contributed by atoms with Gasteiger partial charge in [0.1, 0.15) is 12.7 Å². The van der Waals surface area contributed by atoms with Crippen LogP contribution in [0.25, 0.3) is 0 Å². The van der Waals surface area contributed by atoms with E-state index < -0.39 is 36.6 Å². The number of hydrogen-bond donors (Lipinski definition) is 6. The molecule has 0 aliphatic rings. The van der Waals surface area contributed by atoms with Crippen molar-refractivity contribution in [2.75, 3.05) is 6.61 Å². The van der Waals surface area contributed by atoms with E-state index in [-0.39, 0.29) is 0 Å². The molecule has 1 atom stereocenters. The van der Waals surface area contributed by atoms with E-state index in [1.165, 1.54) is 6.92 Å². The summed E-state index contributed by atoms with van der Waals surface area (Å²) in [6, 6.07) is 0. The Balaban J connectivity index is -0.000000209. The smallest absolute Gasteiger partial charge is 0.332 e. The number of carbonyl (C=O) groups is 4. The number of rotatable bonds is 4. The van der Waals surface area contributed by atoms with E-state index in [0.29, 0.717) is 12.2 Å². The van der Waals surface area contributed by atoms with Crippen LogP contribution in [0.5, 0.6) is 0 Å². The molecule has 0 heterocycles. The normalized spacial score (nSPS) is 10.3. The van der Waals surface area contributed by atoms with Crippen LogP contribution in [0.2, 0.25) is 0 Å². The second-order valence-electron chi connectivity index (χ2n) is 2.58. The van der Waals surface area contributed by atoms with Crippen molar-refractivity contribution in [2.45, 2.75) is 13.0 Å². The molecular weight excluding hydrogens is 268 g/mol. The standard InChI is InChI=1S/C4H4O4.C3H6O3.C2H4O3/c5-3(6)1-2-4(7)8;1-2(4)3(5)6;3-1-2(4)5/h1-2H,(H,5,6)(H,7,8);2,4H,1H3,(H,5,6);3H,1H2,(H,4,5). The number of aliphatic hydroxyl groups is 2. The molecule has 10 heteroatoms. The molecular formula is C9H14O10. The van der Waals surface area contributed by atoms with Crippen LogP contribution >= 0.6 is 0 Å². The molecule has 10 nitrogen and oxygen atoms in total. The second-order valence-corrected chi connectivity index (χ2v) is 2.58. The SMILES string of the molecule is CC(O)C(=O)O.O=C(O)C=CC(=O)O.O=C(O)CO. The monoisotopic (exact) mass is 282 g/mol. The minimum absolute atomic E-state index is 0.558. The third-order valence-corrected chi connectivity index (χ3v) is 0.861. The number of aliphatic hydroxyl groups excluding tert-OH is 2. The van der Waals surface area contributed by atoms with Crippen LogP contribution in [0.3, 0.4) is 0 Å². The van der Waals surface area contributed by atoms with Crippen LogP contribution < -0.4 is 0 Å². The molecule has 0 aromatic heterocycles. The molecule has 6 N–H and O–H groups in total. The minimum atomic E-state index is -1.26. The van der Waals surface area contributed by atoms with Crippen molar-refractivity contribution in [3.05, 3.63) is 12.2 Å². The highest BCUT2D eigenvalue weighted by Crippen LogP contribution is 1.73. The number of carboxylic acid groups (broad SMARTS) is 4. The Hall–Kier alpha value is -2.46. The first-order chi connectivity index (χ1) is 8.54. The van der Waals surface area contributed by atoms with E-state index in [4.69, 9.17) is 35.4 Å². The highest BCUT2D eigenvalue weighted by Gasteiger charge is 2.01. The van der Waals surface area contributed by atoms with Crippen LogP contribution in [0.1, 0.15) is 6.92 Å². The van der Waals surface area contributed by atoms with Gasteiger partial charge in [-0.05, 0) is 6.92 Å². The summed E-state index contributed by atoms with van der Waals surface area (Å²) in [7, 11) is 0. The summed E-state index contributed by atoms with van der Waals surface area (Å²) >= 11 is 0. The first kappa shape index (κ1) is 21.8. The summed E-state index contributed by atoms with van der Waals surface area (Å²) in [4.78, 5) is 37.7. The molecule has 1 unspecified atom stereocenters. The summed E-state index contributed by atoms with van der Waals surface area (Å²) in [5.74, 6) is -4.89. The Morgan fingerprint density at radius 3 is 1.21 bits per heavy atom. The Morgan fingerprint density at radius 2 is 1.16 bits per heavy atom. The van der Waals surface area contributed by atoms with E-state index in [1.807, 2.05) is 0 Å². The average molecular weight is 282 g/mol. The predicted octanol–water partition coefficient (Wildman–Crippen LogP) is -1.77. The third-order valence-electron chi connectivity index (χ3n) is 0.861. The van der Waals surface area contributed by atoms with Crippen molar-refractivity contribution in [3.63, 3.8) is 0 Å². The summed E-state index contributed by atoms with van der Waals surface area (Å²) in [6.45, 7) is 0.419. The van der Waals surface area contributed by atoms with Gasteiger partial charge in [0.05, 0.1) is 0 Å². The van der Waals surface area contributed by atoms with Crippen molar-refractivity contribution in [3.8, 4) is 0 Å². The summed E-state index contributed by atoms with van der Waals surface area (Å²) in [5.41, 5.74) is 0. The lowest BCUT2D eigenvalue weighted by Gasteiger charge is -1.89. The van der Waals surface area contributed by atoms with E-state index in [2.05, 4.69) is 0 Å². The lowest BCUT2D eigenvalue weighted by atomic mass is 10.4.